The Hall–Kier alpha value is -6.38. The molecule has 0 aromatic heterocycles. The lowest BCUT2D eigenvalue weighted by molar-refractivity contribution is 0.409. The molecule has 0 saturated carbocycles. The second-order valence-electron chi connectivity index (χ2n) is 10.4. The van der Waals surface area contributed by atoms with Gasteiger partial charge in [0.1, 0.15) is 23.0 Å². The molecule has 0 bridgehead atoms. The Morgan fingerprint density at radius 3 is 1.17 bits per heavy atom. The highest BCUT2D eigenvalue weighted by atomic mass is 16.5. The second-order valence-corrected chi connectivity index (χ2v) is 10.4. The summed E-state index contributed by atoms with van der Waals surface area (Å²) < 4.78 is 18.1. The fraction of sp³-hybridized carbons (Fsp3) is 0.0476. The first kappa shape index (κ1) is 30.6. The number of ether oxygens (including phenoxy) is 3. The Morgan fingerprint density at radius 1 is 0.447 bits per heavy atom. The van der Waals surface area contributed by atoms with Gasteiger partial charge in [-0.25, -0.2) is 9.98 Å². The van der Waals surface area contributed by atoms with E-state index in [2.05, 4.69) is 21.7 Å². The number of aliphatic imine (C=N–C) groups is 2. The van der Waals surface area contributed by atoms with Crippen LogP contribution in [0.25, 0.3) is 11.1 Å². The summed E-state index contributed by atoms with van der Waals surface area (Å²) in [5.41, 5.74) is 6.65. The number of nitrogens with zero attached hydrogens (tertiary/aromatic N) is 2. The standard InChI is InChI=1S/C42H32N2O3/c1-45-41-25-23-35(27-37(41)39(31-15-7-3-8-16-31)29-43-33-19-11-5-12-20-33)47-36-24-26-42(46-2)38(28-36)40(32-17-9-4-10-18-32)30-44-34-21-13-6-14-22-34/h3-28H,1-2H3. The van der Waals surface area contributed by atoms with E-state index in [4.69, 9.17) is 14.2 Å². The van der Waals surface area contributed by atoms with Crippen molar-refractivity contribution in [3.63, 3.8) is 0 Å². The Labute approximate surface area is 275 Å². The van der Waals surface area contributed by atoms with Crippen molar-refractivity contribution in [2.24, 2.45) is 9.98 Å². The quantitative estimate of drug-likeness (QED) is 0.145. The molecule has 0 fully saturated rings. The molecule has 6 aromatic carbocycles. The fourth-order valence-electron chi connectivity index (χ4n) is 5.04. The average Bonchev–Trinajstić information content (AvgIpc) is 3.14. The molecule has 0 N–H and O–H groups in total. The predicted octanol–water partition coefficient (Wildman–Crippen LogP) is 10.4. The minimum atomic E-state index is 0.620. The van der Waals surface area contributed by atoms with Crippen LogP contribution in [0.5, 0.6) is 23.0 Å². The summed E-state index contributed by atoms with van der Waals surface area (Å²) in [6, 6.07) is 51.0. The summed E-state index contributed by atoms with van der Waals surface area (Å²) in [6.07, 6.45) is 0. The van der Waals surface area contributed by atoms with E-state index in [-0.39, 0.29) is 0 Å². The van der Waals surface area contributed by atoms with Gasteiger partial charge >= 0.3 is 0 Å². The molecule has 6 aromatic rings. The van der Waals surface area contributed by atoms with Crippen LogP contribution in [0.3, 0.4) is 0 Å². The first-order chi connectivity index (χ1) is 23.2. The van der Waals surface area contributed by atoms with E-state index in [1.54, 1.807) is 14.2 Å². The Morgan fingerprint density at radius 2 is 0.809 bits per heavy atom. The first-order valence-electron chi connectivity index (χ1n) is 15.1. The van der Waals surface area contributed by atoms with Gasteiger partial charge in [0.15, 0.2) is 0 Å². The lowest BCUT2D eigenvalue weighted by Crippen LogP contribution is -1.97. The fourth-order valence-corrected chi connectivity index (χ4v) is 5.04. The molecule has 0 aliphatic carbocycles. The van der Waals surface area contributed by atoms with Crippen LogP contribution in [-0.2, 0) is 0 Å². The minimum Gasteiger partial charge on any atom is -0.496 e. The number of para-hydroxylation sites is 2. The maximum Gasteiger partial charge on any atom is 0.128 e. The van der Waals surface area contributed by atoms with Crippen molar-refractivity contribution in [3.8, 4) is 23.0 Å². The number of hydrogen-bond donors (Lipinski definition) is 0. The van der Waals surface area contributed by atoms with Crippen molar-refractivity contribution in [1.82, 2.24) is 0 Å². The van der Waals surface area contributed by atoms with E-state index >= 15 is 0 Å². The van der Waals surface area contributed by atoms with Crippen LogP contribution in [0.4, 0.5) is 11.4 Å². The average molecular weight is 613 g/mol. The molecular weight excluding hydrogens is 580 g/mol. The summed E-state index contributed by atoms with van der Waals surface area (Å²) >= 11 is 0. The van der Waals surface area contributed by atoms with Crippen LogP contribution in [0, 0.1) is 0 Å². The van der Waals surface area contributed by atoms with Gasteiger partial charge in [0.05, 0.1) is 36.7 Å². The van der Waals surface area contributed by atoms with E-state index in [1.165, 1.54) is 0 Å². The van der Waals surface area contributed by atoms with Crippen LogP contribution in [-0.4, -0.2) is 26.0 Å². The number of rotatable bonds is 10. The van der Waals surface area contributed by atoms with Gasteiger partial charge in [-0.3, -0.25) is 0 Å². The zero-order valence-corrected chi connectivity index (χ0v) is 26.1. The molecule has 0 atom stereocenters. The summed E-state index contributed by atoms with van der Waals surface area (Å²) in [6.45, 7) is 0. The SMILES string of the molecule is COc1ccc(Oc2ccc(OC)c(C(=C=Nc3ccccc3)c3ccccc3)c2)cc1C(=C=Nc1ccccc1)c1ccccc1. The third-order valence-corrected chi connectivity index (χ3v) is 7.35. The highest BCUT2D eigenvalue weighted by Crippen LogP contribution is 2.37. The van der Waals surface area contributed by atoms with Crippen LogP contribution in [0.1, 0.15) is 22.3 Å². The summed E-state index contributed by atoms with van der Waals surface area (Å²) in [7, 11) is 3.31. The van der Waals surface area contributed by atoms with Gasteiger partial charge in [-0.1, -0.05) is 97.1 Å². The maximum atomic E-state index is 6.50. The molecule has 47 heavy (non-hydrogen) atoms. The summed E-state index contributed by atoms with van der Waals surface area (Å²) in [5, 5.41) is 0. The molecule has 0 spiro atoms. The molecule has 0 heterocycles. The summed E-state index contributed by atoms with van der Waals surface area (Å²) in [5.74, 6) is 9.16. The molecule has 5 heteroatoms. The number of hydrogen-bond acceptors (Lipinski definition) is 5. The van der Waals surface area contributed by atoms with Crippen molar-refractivity contribution in [2.75, 3.05) is 14.2 Å². The molecule has 0 amide bonds. The maximum absolute atomic E-state index is 6.50. The minimum absolute atomic E-state index is 0.620. The van der Waals surface area contributed by atoms with Crippen molar-refractivity contribution in [1.29, 1.82) is 0 Å². The van der Waals surface area contributed by atoms with Gasteiger partial charge in [-0.15, -0.1) is 0 Å². The molecule has 0 aliphatic rings. The van der Waals surface area contributed by atoms with Gasteiger partial charge in [-0.2, -0.15) is 0 Å². The van der Waals surface area contributed by atoms with Crippen LogP contribution < -0.4 is 14.2 Å². The molecular formula is C42H32N2O3. The predicted molar refractivity (Wildman–Crippen MR) is 191 cm³/mol. The molecule has 0 saturated heterocycles. The molecule has 6 rings (SSSR count). The Kier molecular flexibility index (Phi) is 9.82. The number of methoxy groups -OCH3 is 2. The zero-order chi connectivity index (χ0) is 32.3. The molecule has 0 unspecified atom stereocenters. The van der Waals surface area contributed by atoms with Crippen LogP contribution in [0.15, 0.2) is 168 Å². The first-order valence-corrected chi connectivity index (χ1v) is 15.1. The van der Waals surface area contributed by atoms with E-state index < -0.39 is 0 Å². The monoisotopic (exact) mass is 612 g/mol. The van der Waals surface area contributed by atoms with Crippen molar-refractivity contribution in [3.05, 3.63) is 180 Å². The molecule has 0 aliphatic heterocycles. The van der Waals surface area contributed by atoms with Crippen LogP contribution in [0.2, 0.25) is 0 Å². The molecule has 5 nitrogen and oxygen atoms in total. The van der Waals surface area contributed by atoms with Gasteiger partial charge in [-0.05, 0) is 83.5 Å². The number of benzene rings is 6. The third kappa shape index (κ3) is 7.65. The van der Waals surface area contributed by atoms with E-state index in [0.717, 1.165) is 44.8 Å². The summed E-state index contributed by atoms with van der Waals surface area (Å²) in [4.78, 5) is 9.30. The highest BCUT2D eigenvalue weighted by molar-refractivity contribution is 6.02. The van der Waals surface area contributed by atoms with Gasteiger partial charge in [0.25, 0.3) is 0 Å². The Bertz CT molecular complexity index is 1930. The van der Waals surface area contributed by atoms with E-state index in [9.17, 15) is 0 Å². The van der Waals surface area contributed by atoms with E-state index in [0.29, 0.717) is 23.0 Å². The largest absolute Gasteiger partial charge is 0.496 e. The normalized spacial score (nSPS) is 10.2. The lowest BCUT2D eigenvalue weighted by Gasteiger charge is -2.15. The van der Waals surface area contributed by atoms with Gasteiger partial charge < -0.3 is 14.2 Å². The topological polar surface area (TPSA) is 52.4 Å². The lowest BCUT2D eigenvalue weighted by atomic mass is 9.97. The van der Waals surface area contributed by atoms with E-state index in [1.807, 2.05) is 158 Å². The smallest absolute Gasteiger partial charge is 0.128 e. The molecule has 228 valence electrons. The van der Waals surface area contributed by atoms with Crippen molar-refractivity contribution in [2.45, 2.75) is 0 Å². The van der Waals surface area contributed by atoms with Crippen molar-refractivity contribution >= 4 is 34.3 Å². The van der Waals surface area contributed by atoms with Crippen molar-refractivity contribution < 1.29 is 14.2 Å². The van der Waals surface area contributed by atoms with Crippen LogP contribution >= 0.6 is 0 Å². The third-order valence-electron chi connectivity index (χ3n) is 7.35. The van der Waals surface area contributed by atoms with Gasteiger partial charge in [0.2, 0.25) is 0 Å². The molecule has 0 radical (unpaired) electrons. The highest BCUT2D eigenvalue weighted by Gasteiger charge is 2.16. The second kappa shape index (κ2) is 15.1. The van der Waals surface area contributed by atoms with Gasteiger partial charge in [0, 0.05) is 11.1 Å². The Balaban J connectivity index is 1.43. The zero-order valence-electron chi connectivity index (χ0n) is 26.1.